The van der Waals surface area contributed by atoms with Gasteiger partial charge in [-0.25, -0.2) is 4.39 Å². The third-order valence-corrected chi connectivity index (χ3v) is 4.01. The zero-order valence-corrected chi connectivity index (χ0v) is 12.6. The zero-order valence-electron chi connectivity index (χ0n) is 11.0. The molecule has 0 radical (unpaired) electrons. The number of hydrogen-bond donors (Lipinski definition) is 1. The van der Waals surface area contributed by atoms with Crippen LogP contribution in [0.4, 0.5) is 4.39 Å². The van der Waals surface area contributed by atoms with Crippen LogP contribution in [-0.4, -0.2) is 6.54 Å². The fraction of sp³-hybridized carbons (Fsp3) is 0.571. The van der Waals surface area contributed by atoms with Crippen LogP contribution < -0.4 is 5.32 Å². The van der Waals surface area contributed by atoms with E-state index in [4.69, 9.17) is 0 Å². The molecule has 96 valence electrons. The average molecular weight is 302 g/mol. The van der Waals surface area contributed by atoms with E-state index in [9.17, 15) is 4.39 Å². The van der Waals surface area contributed by atoms with E-state index in [1.165, 1.54) is 0 Å². The lowest BCUT2D eigenvalue weighted by Gasteiger charge is -2.35. The third-order valence-electron chi connectivity index (χ3n) is 3.39. The minimum absolute atomic E-state index is 0.0254. The van der Waals surface area contributed by atoms with Gasteiger partial charge in [-0.15, -0.1) is 0 Å². The fourth-order valence-corrected chi connectivity index (χ4v) is 2.34. The van der Waals surface area contributed by atoms with Gasteiger partial charge in [-0.05, 0) is 40.4 Å². The molecular weight excluding hydrogens is 281 g/mol. The van der Waals surface area contributed by atoms with Gasteiger partial charge in [0.15, 0.2) is 0 Å². The Morgan fingerprint density at radius 3 is 2.53 bits per heavy atom. The summed E-state index contributed by atoms with van der Waals surface area (Å²) in [5.74, 6) is -0.153. The number of rotatable bonds is 5. The molecule has 0 spiro atoms. The highest BCUT2D eigenvalue weighted by Gasteiger charge is 2.30. The third kappa shape index (κ3) is 3.29. The van der Waals surface area contributed by atoms with Crippen molar-refractivity contribution in [3.8, 4) is 0 Å². The van der Waals surface area contributed by atoms with Crippen molar-refractivity contribution in [2.45, 2.75) is 40.2 Å². The monoisotopic (exact) mass is 301 g/mol. The normalized spacial score (nSPS) is 13.8. The van der Waals surface area contributed by atoms with Gasteiger partial charge in [0, 0.05) is 11.6 Å². The molecule has 0 aromatic heterocycles. The Kier molecular flexibility index (Phi) is 5.14. The van der Waals surface area contributed by atoms with Crippen molar-refractivity contribution in [1.29, 1.82) is 0 Å². The summed E-state index contributed by atoms with van der Waals surface area (Å²) in [6.45, 7) is 9.36. The van der Waals surface area contributed by atoms with Crippen LogP contribution in [0.25, 0.3) is 0 Å². The van der Waals surface area contributed by atoms with E-state index in [0.29, 0.717) is 4.47 Å². The first-order valence-electron chi connectivity index (χ1n) is 6.11. The van der Waals surface area contributed by atoms with Gasteiger partial charge in [-0.2, -0.15) is 0 Å². The summed E-state index contributed by atoms with van der Waals surface area (Å²) >= 11 is 3.25. The summed E-state index contributed by atoms with van der Waals surface area (Å²) in [7, 11) is 0. The lowest BCUT2D eigenvalue weighted by molar-refractivity contribution is 0.232. The maximum atomic E-state index is 14.2. The van der Waals surface area contributed by atoms with E-state index in [1.54, 1.807) is 6.07 Å². The Balaban J connectivity index is 3.18. The Morgan fingerprint density at radius 1 is 1.35 bits per heavy atom. The molecule has 0 saturated carbocycles. The van der Waals surface area contributed by atoms with E-state index in [1.807, 2.05) is 12.1 Å². The van der Waals surface area contributed by atoms with E-state index in [0.717, 1.165) is 18.5 Å². The van der Waals surface area contributed by atoms with Crippen LogP contribution in [0.15, 0.2) is 22.7 Å². The standard InChI is InChI=1S/C14H21BrFN/c1-5-14(3,4)13(17-6-2)10-8-7-9-11(15)12(10)16/h7-9,13,17H,5-6H2,1-4H3. The molecule has 3 heteroatoms. The Bertz CT molecular complexity index is 376. The van der Waals surface area contributed by atoms with E-state index in [-0.39, 0.29) is 17.3 Å². The second kappa shape index (κ2) is 5.96. The molecule has 0 fully saturated rings. The molecule has 1 rings (SSSR count). The summed E-state index contributed by atoms with van der Waals surface area (Å²) in [5, 5.41) is 3.40. The number of hydrogen-bond acceptors (Lipinski definition) is 1. The van der Waals surface area contributed by atoms with Crippen molar-refractivity contribution in [2.24, 2.45) is 5.41 Å². The Hall–Kier alpha value is -0.410. The highest BCUT2D eigenvalue weighted by atomic mass is 79.9. The van der Waals surface area contributed by atoms with Crippen LogP contribution >= 0.6 is 15.9 Å². The molecule has 0 aliphatic carbocycles. The minimum Gasteiger partial charge on any atom is -0.310 e. The van der Waals surface area contributed by atoms with E-state index < -0.39 is 0 Å². The molecule has 0 heterocycles. The molecule has 0 bridgehead atoms. The van der Waals surface area contributed by atoms with Crippen LogP contribution in [0.1, 0.15) is 45.7 Å². The highest BCUT2D eigenvalue weighted by Crippen LogP contribution is 2.38. The first-order chi connectivity index (χ1) is 7.94. The van der Waals surface area contributed by atoms with Gasteiger partial charge >= 0.3 is 0 Å². The van der Waals surface area contributed by atoms with Crippen LogP contribution in [-0.2, 0) is 0 Å². The van der Waals surface area contributed by atoms with Gasteiger partial charge in [-0.1, -0.05) is 39.8 Å². The number of nitrogens with one attached hydrogen (secondary N) is 1. The molecule has 1 N–H and O–H groups in total. The fourth-order valence-electron chi connectivity index (χ4n) is 1.96. The summed E-state index contributed by atoms with van der Waals surface area (Å²) in [5.41, 5.74) is 0.769. The Labute approximate surface area is 112 Å². The number of halogens is 2. The second-order valence-corrected chi connectivity index (χ2v) is 5.83. The van der Waals surface area contributed by atoms with Gasteiger partial charge in [0.05, 0.1) is 4.47 Å². The van der Waals surface area contributed by atoms with Gasteiger partial charge in [0.25, 0.3) is 0 Å². The van der Waals surface area contributed by atoms with Crippen molar-refractivity contribution in [3.05, 3.63) is 34.1 Å². The van der Waals surface area contributed by atoms with E-state index >= 15 is 0 Å². The van der Waals surface area contributed by atoms with Crippen molar-refractivity contribution in [3.63, 3.8) is 0 Å². The summed E-state index contributed by atoms with van der Waals surface area (Å²) < 4.78 is 14.7. The second-order valence-electron chi connectivity index (χ2n) is 4.98. The van der Waals surface area contributed by atoms with Crippen molar-refractivity contribution < 1.29 is 4.39 Å². The predicted octanol–water partition coefficient (Wildman–Crippen LogP) is 4.68. The molecule has 1 nitrogen and oxygen atoms in total. The van der Waals surface area contributed by atoms with Crippen molar-refractivity contribution >= 4 is 15.9 Å². The zero-order chi connectivity index (χ0) is 13.1. The van der Waals surface area contributed by atoms with E-state index in [2.05, 4.69) is 48.9 Å². The van der Waals surface area contributed by atoms with Crippen LogP contribution in [0, 0.1) is 11.2 Å². The van der Waals surface area contributed by atoms with Crippen molar-refractivity contribution in [2.75, 3.05) is 6.54 Å². The topological polar surface area (TPSA) is 12.0 Å². The first kappa shape index (κ1) is 14.7. The van der Waals surface area contributed by atoms with Crippen LogP contribution in [0.3, 0.4) is 0 Å². The molecular formula is C14H21BrFN. The predicted molar refractivity (Wildman–Crippen MR) is 74.6 cm³/mol. The maximum Gasteiger partial charge on any atom is 0.142 e. The van der Waals surface area contributed by atoms with Gasteiger partial charge in [0.1, 0.15) is 5.82 Å². The smallest absolute Gasteiger partial charge is 0.142 e. The van der Waals surface area contributed by atoms with Gasteiger partial charge in [0.2, 0.25) is 0 Å². The first-order valence-corrected chi connectivity index (χ1v) is 6.90. The summed E-state index contributed by atoms with van der Waals surface area (Å²) in [4.78, 5) is 0. The molecule has 0 saturated heterocycles. The Morgan fingerprint density at radius 2 is 2.00 bits per heavy atom. The van der Waals surface area contributed by atoms with Crippen LogP contribution in [0.5, 0.6) is 0 Å². The highest BCUT2D eigenvalue weighted by molar-refractivity contribution is 9.10. The molecule has 1 atom stereocenters. The van der Waals surface area contributed by atoms with Gasteiger partial charge < -0.3 is 5.32 Å². The molecule has 1 aromatic rings. The summed E-state index contributed by atoms with van der Waals surface area (Å²) in [6.07, 6.45) is 0.997. The molecule has 1 unspecified atom stereocenters. The average Bonchev–Trinajstić information content (AvgIpc) is 2.30. The molecule has 17 heavy (non-hydrogen) atoms. The molecule has 0 amide bonds. The molecule has 0 aliphatic heterocycles. The summed E-state index contributed by atoms with van der Waals surface area (Å²) in [6, 6.07) is 5.53. The lowest BCUT2D eigenvalue weighted by Crippen LogP contribution is -2.34. The van der Waals surface area contributed by atoms with Crippen molar-refractivity contribution in [1.82, 2.24) is 5.32 Å². The maximum absolute atomic E-state index is 14.2. The molecule has 0 aliphatic rings. The van der Waals surface area contributed by atoms with Crippen LogP contribution in [0.2, 0.25) is 0 Å². The molecule has 1 aromatic carbocycles. The SMILES string of the molecule is CCNC(c1cccc(Br)c1F)C(C)(C)CC. The van der Waals surface area contributed by atoms with Gasteiger partial charge in [-0.3, -0.25) is 0 Å². The quantitative estimate of drug-likeness (QED) is 0.833. The lowest BCUT2D eigenvalue weighted by atomic mass is 9.78. The largest absolute Gasteiger partial charge is 0.310 e. The number of benzene rings is 1. The minimum atomic E-state index is -0.153.